The lowest BCUT2D eigenvalue weighted by molar-refractivity contribution is 0.0479. The van der Waals surface area contributed by atoms with Crippen molar-refractivity contribution in [3.63, 3.8) is 0 Å². The maximum absolute atomic E-state index is 5.99. The summed E-state index contributed by atoms with van der Waals surface area (Å²) >= 11 is 0. The number of benzene rings is 2. The van der Waals surface area contributed by atoms with E-state index >= 15 is 0 Å². The van der Waals surface area contributed by atoms with Gasteiger partial charge in [0.2, 0.25) is 0 Å². The summed E-state index contributed by atoms with van der Waals surface area (Å²) < 4.78 is 22.4. The van der Waals surface area contributed by atoms with Gasteiger partial charge in [0.1, 0.15) is 5.75 Å². The fourth-order valence-corrected chi connectivity index (χ4v) is 5.21. The van der Waals surface area contributed by atoms with Gasteiger partial charge in [-0.05, 0) is 23.4 Å². The van der Waals surface area contributed by atoms with Gasteiger partial charge in [0.05, 0.1) is 14.2 Å². The van der Waals surface area contributed by atoms with E-state index in [1.54, 1.807) is 28.4 Å². The maximum atomic E-state index is 5.99. The normalized spacial score (nSPS) is 13.7. The third kappa shape index (κ3) is 5.71. The van der Waals surface area contributed by atoms with E-state index in [9.17, 15) is 0 Å². The summed E-state index contributed by atoms with van der Waals surface area (Å²) in [5.41, 5.74) is 2.21. The van der Waals surface area contributed by atoms with E-state index in [-0.39, 0.29) is 11.9 Å². The number of aliphatic imine (C=N–C) groups is 1. The van der Waals surface area contributed by atoms with Crippen LogP contribution < -0.4 is 19.5 Å². The Morgan fingerprint density at radius 2 is 1.86 bits per heavy atom. The Morgan fingerprint density at radius 1 is 1.10 bits per heavy atom. The molecule has 0 amide bonds. The van der Waals surface area contributed by atoms with Crippen molar-refractivity contribution in [3.8, 4) is 17.2 Å². The molecule has 158 valence electrons. The van der Waals surface area contributed by atoms with Crippen LogP contribution in [0.15, 0.2) is 41.4 Å². The van der Waals surface area contributed by atoms with Gasteiger partial charge in [-0.3, -0.25) is 4.99 Å². The fourth-order valence-electron chi connectivity index (χ4n) is 3.45. The Hall–Kier alpha value is -2.10. The van der Waals surface area contributed by atoms with Gasteiger partial charge in [-0.25, -0.2) is 0 Å². The zero-order chi connectivity index (χ0) is 21.3. The highest BCUT2D eigenvalue weighted by molar-refractivity contribution is 7.48. The molecule has 0 saturated heterocycles. The number of nitrogens with zero attached hydrogens (tertiary/aromatic N) is 1. The largest absolute Gasteiger partial charge is 0.497 e. The first-order valence-corrected chi connectivity index (χ1v) is 10.7. The Morgan fingerprint density at radius 3 is 2.48 bits per heavy atom. The molecule has 29 heavy (non-hydrogen) atoms. The number of hydrogen-bond acceptors (Lipinski definition) is 5. The van der Waals surface area contributed by atoms with Gasteiger partial charge < -0.3 is 18.9 Å². The van der Waals surface area contributed by atoms with Gasteiger partial charge >= 0.3 is 0 Å². The predicted molar refractivity (Wildman–Crippen MR) is 122 cm³/mol. The van der Waals surface area contributed by atoms with Crippen LogP contribution in [0.3, 0.4) is 0 Å². The summed E-state index contributed by atoms with van der Waals surface area (Å²) in [6, 6.07) is 12.3. The molecule has 2 aromatic carbocycles. The van der Waals surface area contributed by atoms with Crippen molar-refractivity contribution in [3.05, 3.63) is 47.5 Å². The third-order valence-corrected chi connectivity index (χ3v) is 6.58. The molecule has 0 fully saturated rings. The second-order valence-corrected chi connectivity index (χ2v) is 8.83. The van der Waals surface area contributed by atoms with Gasteiger partial charge in [-0.1, -0.05) is 53.1 Å². The number of methoxy groups -OCH3 is 3. The van der Waals surface area contributed by atoms with Crippen molar-refractivity contribution in [2.75, 3.05) is 35.2 Å². The van der Waals surface area contributed by atoms with Crippen molar-refractivity contribution < 1.29 is 18.9 Å². The second kappa shape index (κ2) is 11.2. The van der Waals surface area contributed by atoms with Gasteiger partial charge in [-0.2, -0.15) is 0 Å². The van der Waals surface area contributed by atoms with E-state index < -0.39 is 0 Å². The Labute approximate surface area is 176 Å². The lowest BCUT2D eigenvalue weighted by Gasteiger charge is -2.33. The summed E-state index contributed by atoms with van der Waals surface area (Å²) in [7, 11) is 7.24. The summed E-state index contributed by atoms with van der Waals surface area (Å²) in [6.45, 7) is 4.64. The highest BCUT2D eigenvalue weighted by Crippen LogP contribution is 2.52. The standard InChI is InChI=1S/C23H32NO4P/c1-7-12-23(2,29-21-11-9-8-10-17(21)15-24-3)19-13-18(26-5)14-20(27-6)22(19)28-16-25-4/h8-11,13-15,29H,7,12,16H2,1-6H3/b24-15+. The van der Waals surface area contributed by atoms with Crippen LogP contribution in [0.4, 0.5) is 0 Å². The van der Waals surface area contributed by atoms with Crippen LogP contribution in [-0.4, -0.2) is 41.4 Å². The van der Waals surface area contributed by atoms with Crippen LogP contribution in [0.2, 0.25) is 0 Å². The fraction of sp³-hybridized carbons (Fsp3) is 0.435. The molecule has 0 aromatic heterocycles. The number of hydrogen-bond donors (Lipinski definition) is 0. The quantitative estimate of drug-likeness (QED) is 0.301. The minimum absolute atomic E-state index is 0.153. The molecule has 0 saturated carbocycles. The Bertz CT molecular complexity index is 825. The molecule has 2 aromatic rings. The molecule has 2 rings (SSSR count). The SMILES string of the molecule is CCCC(C)(Pc1ccccc1/C=N/C)c1cc(OC)cc(OC)c1OCOC. The van der Waals surface area contributed by atoms with Crippen LogP contribution in [0.1, 0.15) is 37.8 Å². The molecule has 0 heterocycles. The van der Waals surface area contributed by atoms with Gasteiger partial charge in [-0.15, -0.1) is 0 Å². The van der Waals surface area contributed by atoms with E-state index in [2.05, 4.69) is 43.1 Å². The average molecular weight is 417 g/mol. The number of rotatable bonds is 11. The first kappa shape index (κ1) is 23.2. The summed E-state index contributed by atoms with van der Waals surface area (Å²) in [5.74, 6) is 2.10. The molecular formula is C23H32NO4P. The van der Waals surface area contributed by atoms with Gasteiger partial charge in [0, 0.05) is 37.2 Å². The van der Waals surface area contributed by atoms with E-state index in [1.807, 2.05) is 18.3 Å². The van der Waals surface area contributed by atoms with E-state index in [4.69, 9.17) is 18.9 Å². The molecule has 2 atom stereocenters. The van der Waals surface area contributed by atoms with Gasteiger partial charge in [0.15, 0.2) is 18.3 Å². The molecule has 0 N–H and O–H groups in total. The van der Waals surface area contributed by atoms with Crippen LogP contribution >= 0.6 is 8.58 Å². The molecule has 0 spiro atoms. The van der Waals surface area contributed by atoms with Crippen molar-refractivity contribution in [1.29, 1.82) is 0 Å². The minimum atomic E-state index is -0.169. The summed E-state index contributed by atoms with van der Waals surface area (Å²) in [6.07, 6.45) is 3.95. The molecular weight excluding hydrogens is 385 g/mol. The lowest BCUT2D eigenvalue weighted by atomic mass is 9.93. The third-order valence-electron chi connectivity index (χ3n) is 4.79. The van der Waals surface area contributed by atoms with Crippen LogP contribution in [0, 0.1) is 0 Å². The minimum Gasteiger partial charge on any atom is -0.497 e. The molecule has 6 heteroatoms. The van der Waals surface area contributed by atoms with Crippen LogP contribution in [-0.2, 0) is 9.89 Å². The van der Waals surface area contributed by atoms with Crippen molar-refractivity contribution in [2.24, 2.45) is 4.99 Å². The Balaban J connectivity index is 2.63. The summed E-state index contributed by atoms with van der Waals surface area (Å²) in [4.78, 5) is 4.23. The summed E-state index contributed by atoms with van der Waals surface area (Å²) in [5, 5.41) is 1.10. The highest BCUT2D eigenvalue weighted by atomic mass is 31.1. The van der Waals surface area contributed by atoms with Crippen molar-refractivity contribution in [1.82, 2.24) is 0 Å². The first-order valence-electron chi connectivity index (χ1n) is 9.70. The monoisotopic (exact) mass is 417 g/mol. The van der Waals surface area contributed by atoms with E-state index in [1.165, 1.54) is 5.30 Å². The molecule has 0 aliphatic carbocycles. The topological polar surface area (TPSA) is 49.3 Å². The first-order chi connectivity index (χ1) is 14.0. The molecule has 5 nitrogen and oxygen atoms in total. The molecule has 2 unspecified atom stereocenters. The zero-order valence-corrected chi connectivity index (χ0v) is 19.2. The predicted octanol–water partition coefficient (Wildman–Crippen LogP) is 4.75. The van der Waals surface area contributed by atoms with Crippen molar-refractivity contribution >= 4 is 20.1 Å². The van der Waals surface area contributed by atoms with Gasteiger partial charge in [0.25, 0.3) is 0 Å². The van der Waals surface area contributed by atoms with Crippen LogP contribution in [0.5, 0.6) is 17.2 Å². The molecule has 0 bridgehead atoms. The van der Waals surface area contributed by atoms with Crippen LogP contribution in [0.25, 0.3) is 0 Å². The highest BCUT2D eigenvalue weighted by Gasteiger charge is 2.33. The van der Waals surface area contributed by atoms with E-state index in [0.717, 1.165) is 29.7 Å². The molecule has 0 aliphatic heterocycles. The number of ether oxygens (including phenoxy) is 4. The smallest absolute Gasteiger partial charge is 0.188 e. The molecule has 0 radical (unpaired) electrons. The second-order valence-electron chi connectivity index (χ2n) is 6.94. The average Bonchev–Trinajstić information content (AvgIpc) is 2.73. The van der Waals surface area contributed by atoms with Crippen molar-refractivity contribution in [2.45, 2.75) is 31.8 Å². The zero-order valence-electron chi connectivity index (χ0n) is 18.2. The van der Waals surface area contributed by atoms with E-state index in [0.29, 0.717) is 20.1 Å². The lowest BCUT2D eigenvalue weighted by Crippen LogP contribution is -2.22. The maximum Gasteiger partial charge on any atom is 0.188 e. The molecule has 0 aliphatic rings. The Kier molecular flexibility index (Phi) is 8.94.